The number of ether oxygens (including phenoxy) is 2. The lowest BCUT2D eigenvalue weighted by Gasteiger charge is -2.13. The third-order valence-electron chi connectivity index (χ3n) is 3.25. The summed E-state index contributed by atoms with van der Waals surface area (Å²) in [5.41, 5.74) is 0. The molecule has 2 rings (SSSR count). The Kier molecular flexibility index (Phi) is 10.7. The first-order valence-electron chi connectivity index (χ1n) is 7.90. The van der Waals surface area contributed by atoms with Crippen molar-refractivity contribution in [1.29, 1.82) is 0 Å². The second-order valence-electron chi connectivity index (χ2n) is 5.20. The first kappa shape index (κ1) is 20.6. The van der Waals surface area contributed by atoms with Crippen molar-refractivity contribution in [3.8, 4) is 0 Å². The number of aryl methyl sites for hydroxylation is 1. The zero-order chi connectivity index (χ0) is 15.6. The summed E-state index contributed by atoms with van der Waals surface area (Å²) in [6.45, 7) is 8.49. The summed E-state index contributed by atoms with van der Waals surface area (Å²) in [5.74, 6) is 0.802. The van der Waals surface area contributed by atoms with Crippen LogP contribution < -0.4 is 10.6 Å². The van der Waals surface area contributed by atoms with E-state index in [9.17, 15) is 0 Å². The van der Waals surface area contributed by atoms with E-state index in [1.807, 2.05) is 6.20 Å². The van der Waals surface area contributed by atoms with Gasteiger partial charge in [-0.2, -0.15) is 0 Å². The highest BCUT2D eigenvalue weighted by Crippen LogP contribution is 2.12. The quantitative estimate of drug-likeness (QED) is 0.273. The van der Waals surface area contributed by atoms with Crippen molar-refractivity contribution < 1.29 is 9.47 Å². The summed E-state index contributed by atoms with van der Waals surface area (Å²) >= 11 is 1.68. The van der Waals surface area contributed by atoms with E-state index in [1.54, 1.807) is 11.3 Å². The molecule has 1 aliphatic heterocycles. The SMILES string of the molecule is CCNC(=NCc1ncc(C)s1)NCCOCC1CCCO1.I. The Morgan fingerprint density at radius 1 is 1.52 bits per heavy atom. The molecule has 1 aromatic rings. The van der Waals surface area contributed by atoms with Gasteiger partial charge in [-0.05, 0) is 26.7 Å². The molecule has 0 amide bonds. The van der Waals surface area contributed by atoms with Gasteiger partial charge < -0.3 is 20.1 Å². The number of nitrogens with zero attached hydrogens (tertiary/aromatic N) is 2. The van der Waals surface area contributed by atoms with Crippen LogP contribution in [0.2, 0.25) is 0 Å². The molecule has 1 saturated heterocycles. The van der Waals surface area contributed by atoms with Gasteiger partial charge in [0.25, 0.3) is 0 Å². The molecule has 0 radical (unpaired) electrons. The molecular formula is C15H27IN4O2S. The minimum atomic E-state index is 0. The number of thiazole rings is 1. The molecule has 2 N–H and O–H groups in total. The summed E-state index contributed by atoms with van der Waals surface area (Å²) in [6, 6.07) is 0. The lowest BCUT2D eigenvalue weighted by atomic mass is 10.2. The zero-order valence-electron chi connectivity index (χ0n) is 13.8. The number of guanidine groups is 1. The number of halogens is 1. The molecule has 1 aliphatic rings. The van der Waals surface area contributed by atoms with Crippen LogP contribution >= 0.6 is 35.3 Å². The summed E-state index contributed by atoms with van der Waals surface area (Å²) < 4.78 is 11.2. The smallest absolute Gasteiger partial charge is 0.191 e. The van der Waals surface area contributed by atoms with Crippen LogP contribution in [-0.4, -0.2) is 50.0 Å². The first-order valence-corrected chi connectivity index (χ1v) is 8.72. The molecule has 1 aromatic heterocycles. The van der Waals surface area contributed by atoms with E-state index in [0.29, 0.717) is 19.8 Å². The second-order valence-corrected chi connectivity index (χ2v) is 6.52. The van der Waals surface area contributed by atoms with Gasteiger partial charge in [0.2, 0.25) is 0 Å². The molecule has 23 heavy (non-hydrogen) atoms. The Labute approximate surface area is 159 Å². The van der Waals surface area contributed by atoms with Gasteiger partial charge >= 0.3 is 0 Å². The average molecular weight is 454 g/mol. The molecule has 6 nitrogen and oxygen atoms in total. The van der Waals surface area contributed by atoms with Crippen LogP contribution in [-0.2, 0) is 16.0 Å². The maximum absolute atomic E-state index is 5.63. The van der Waals surface area contributed by atoms with Crippen LogP contribution in [0.25, 0.3) is 0 Å². The second kappa shape index (κ2) is 12.0. The number of hydrogen-bond donors (Lipinski definition) is 2. The highest BCUT2D eigenvalue weighted by Gasteiger charge is 2.14. The lowest BCUT2D eigenvalue weighted by Crippen LogP contribution is -2.39. The van der Waals surface area contributed by atoms with Crippen molar-refractivity contribution >= 4 is 41.3 Å². The van der Waals surface area contributed by atoms with E-state index in [2.05, 4.69) is 34.5 Å². The molecule has 1 fully saturated rings. The molecule has 8 heteroatoms. The predicted molar refractivity (Wildman–Crippen MR) is 105 cm³/mol. The molecule has 132 valence electrons. The van der Waals surface area contributed by atoms with E-state index in [-0.39, 0.29) is 30.1 Å². The van der Waals surface area contributed by atoms with Crippen LogP contribution in [0, 0.1) is 6.92 Å². The van der Waals surface area contributed by atoms with Crippen LogP contribution in [0.1, 0.15) is 29.7 Å². The molecular weight excluding hydrogens is 427 g/mol. The van der Waals surface area contributed by atoms with Gasteiger partial charge in [0.1, 0.15) is 5.01 Å². The maximum Gasteiger partial charge on any atom is 0.191 e. The van der Waals surface area contributed by atoms with Crippen LogP contribution in [0.3, 0.4) is 0 Å². The van der Waals surface area contributed by atoms with Crippen molar-refractivity contribution in [2.75, 3.05) is 32.9 Å². The fraction of sp³-hybridized carbons (Fsp3) is 0.733. The topological polar surface area (TPSA) is 67.8 Å². The number of hydrogen-bond acceptors (Lipinski definition) is 5. The van der Waals surface area contributed by atoms with Gasteiger partial charge in [-0.1, -0.05) is 0 Å². The van der Waals surface area contributed by atoms with Crippen LogP contribution in [0.5, 0.6) is 0 Å². The molecule has 0 saturated carbocycles. The average Bonchev–Trinajstić information content (AvgIpc) is 3.16. The van der Waals surface area contributed by atoms with Gasteiger partial charge in [-0.25, -0.2) is 9.98 Å². The Bertz CT molecular complexity index is 464. The Morgan fingerprint density at radius 3 is 3.04 bits per heavy atom. The Hall–Kier alpha value is -0.450. The van der Waals surface area contributed by atoms with E-state index in [1.165, 1.54) is 4.88 Å². The van der Waals surface area contributed by atoms with Crippen molar-refractivity contribution in [2.24, 2.45) is 4.99 Å². The summed E-state index contributed by atoms with van der Waals surface area (Å²) in [4.78, 5) is 10.1. The highest BCUT2D eigenvalue weighted by molar-refractivity contribution is 14.0. The maximum atomic E-state index is 5.63. The minimum Gasteiger partial charge on any atom is -0.377 e. The fourth-order valence-electron chi connectivity index (χ4n) is 2.20. The van der Waals surface area contributed by atoms with Crippen molar-refractivity contribution in [3.05, 3.63) is 16.1 Å². The van der Waals surface area contributed by atoms with Crippen molar-refractivity contribution in [2.45, 2.75) is 39.3 Å². The Balaban J connectivity index is 0.00000264. The molecule has 1 atom stereocenters. The number of aromatic nitrogens is 1. The van der Waals surface area contributed by atoms with E-state index in [0.717, 1.165) is 43.5 Å². The third-order valence-corrected chi connectivity index (χ3v) is 4.15. The third kappa shape index (κ3) is 8.27. The monoisotopic (exact) mass is 454 g/mol. The first-order chi connectivity index (χ1) is 10.8. The lowest BCUT2D eigenvalue weighted by molar-refractivity contribution is 0.0191. The van der Waals surface area contributed by atoms with Gasteiger partial charge in [0.05, 0.1) is 25.9 Å². The summed E-state index contributed by atoms with van der Waals surface area (Å²) in [7, 11) is 0. The van der Waals surface area contributed by atoms with Crippen molar-refractivity contribution in [1.82, 2.24) is 15.6 Å². The molecule has 0 aliphatic carbocycles. The minimum absolute atomic E-state index is 0. The van der Waals surface area contributed by atoms with Crippen LogP contribution in [0.4, 0.5) is 0 Å². The fourth-order valence-corrected chi connectivity index (χ4v) is 2.91. The number of nitrogens with one attached hydrogen (secondary N) is 2. The Morgan fingerprint density at radius 2 is 2.39 bits per heavy atom. The largest absolute Gasteiger partial charge is 0.377 e. The van der Waals surface area contributed by atoms with Gasteiger partial charge in [-0.15, -0.1) is 35.3 Å². The zero-order valence-corrected chi connectivity index (χ0v) is 17.0. The van der Waals surface area contributed by atoms with E-state index < -0.39 is 0 Å². The van der Waals surface area contributed by atoms with Crippen molar-refractivity contribution in [3.63, 3.8) is 0 Å². The molecule has 0 spiro atoms. The molecule has 0 bridgehead atoms. The normalized spacial score (nSPS) is 17.8. The molecule has 1 unspecified atom stereocenters. The predicted octanol–water partition coefficient (Wildman–Crippen LogP) is 2.32. The molecule has 2 heterocycles. The van der Waals surface area contributed by atoms with E-state index >= 15 is 0 Å². The van der Waals surface area contributed by atoms with Gasteiger partial charge in [0, 0.05) is 30.8 Å². The standard InChI is InChI=1S/C15H26N4O2S.HI/c1-3-16-15(19-10-14-18-9-12(2)22-14)17-6-8-20-11-13-5-4-7-21-13;/h9,13H,3-8,10-11H2,1-2H3,(H2,16,17,19);1H. The highest BCUT2D eigenvalue weighted by atomic mass is 127. The molecule has 0 aromatic carbocycles. The number of aliphatic imine (C=N–C) groups is 1. The van der Waals surface area contributed by atoms with Gasteiger partial charge in [0.15, 0.2) is 5.96 Å². The number of rotatable bonds is 8. The van der Waals surface area contributed by atoms with E-state index in [4.69, 9.17) is 9.47 Å². The summed E-state index contributed by atoms with van der Waals surface area (Å²) in [5, 5.41) is 7.53. The summed E-state index contributed by atoms with van der Waals surface area (Å²) in [6.07, 6.45) is 4.44. The van der Waals surface area contributed by atoms with Gasteiger partial charge in [-0.3, -0.25) is 0 Å². The van der Waals surface area contributed by atoms with Crippen LogP contribution in [0.15, 0.2) is 11.2 Å².